The van der Waals surface area contributed by atoms with Crippen LogP contribution in [0.5, 0.6) is 0 Å². The van der Waals surface area contributed by atoms with E-state index in [0.29, 0.717) is 5.54 Å². The molecule has 4 heteroatoms. The summed E-state index contributed by atoms with van der Waals surface area (Å²) in [7, 11) is 6.46. The number of ketones is 1. The number of Topliss-reactive ketones (excluding diaryl/α,β-unsaturated/α-hetero) is 1. The third-order valence-electron chi connectivity index (χ3n) is 4.54. The van der Waals surface area contributed by atoms with Crippen LogP contribution in [0, 0.1) is 0 Å². The Kier molecular flexibility index (Phi) is 4.55. The topological polar surface area (TPSA) is 23.6 Å². The zero-order valence-corrected chi connectivity index (χ0v) is 14.3. The van der Waals surface area contributed by atoms with Crippen molar-refractivity contribution in [1.82, 2.24) is 4.90 Å². The number of carbonyl (C=O) groups is 1. The second-order valence-corrected chi connectivity index (χ2v) is 6.90. The summed E-state index contributed by atoms with van der Waals surface area (Å²) in [5, 5.41) is 0. The lowest BCUT2D eigenvalue weighted by molar-refractivity contribution is 0.0683. The molecule has 0 saturated heterocycles. The summed E-state index contributed by atoms with van der Waals surface area (Å²) in [4.78, 5) is 16.1. The van der Waals surface area contributed by atoms with Crippen LogP contribution in [-0.2, 0) is 0 Å². The molecule has 0 bridgehead atoms. The van der Waals surface area contributed by atoms with Crippen LogP contribution < -0.4 is 4.90 Å². The number of nitrogens with zero attached hydrogens (tertiary/aromatic N) is 2. The number of hydrogen-bond acceptors (Lipinski definition) is 3. The molecule has 1 aliphatic carbocycles. The van der Waals surface area contributed by atoms with Gasteiger partial charge in [-0.1, -0.05) is 0 Å². The molecule has 0 radical (unpaired) electrons. The summed E-state index contributed by atoms with van der Waals surface area (Å²) in [6, 6.07) is 5.98. The second-order valence-electron chi connectivity index (χ2n) is 6.05. The Balaban J connectivity index is 2.15. The molecular weight excluding hydrogens is 316 g/mol. The molecule has 0 aliphatic heterocycles. The molecule has 20 heavy (non-hydrogen) atoms. The fourth-order valence-corrected chi connectivity index (χ4v) is 3.54. The molecule has 110 valence electrons. The van der Waals surface area contributed by atoms with Crippen LogP contribution in [0.4, 0.5) is 5.69 Å². The Bertz CT molecular complexity index is 509. The Labute approximate surface area is 130 Å². The van der Waals surface area contributed by atoms with Crippen LogP contribution in [0.2, 0.25) is 0 Å². The molecule has 1 aliphatic rings. The normalized spacial score (nSPS) is 16.9. The molecule has 2 rings (SSSR count). The number of rotatable bonds is 5. The predicted molar refractivity (Wildman–Crippen MR) is 87.7 cm³/mol. The minimum Gasteiger partial charge on any atom is -0.373 e. The van der Waals surface area contributed by atoms with Crippen molar-refractivity contribution in [1.29, 1.82) is 0 Å². The zero-order chi connectivity index (χ0) is 14.9. The molecule has 0 spiro atoms. The summed E-state index contributed by atoms with van der Waals surface area (Å²) < 4.78 is 0.877. The van der Waals surface area contributed by atoms with Gasteiger partial charge in [0.2, 0.25) is 0 Å². The first-order chi connectivity index (χ1) is 9.35. The standard InChI is InChI=1S/C16H23BrN2O/c1-12(20)14-7-6-13(10-15(14)17)19(4)11-16(18(2)3)8-5-9-16/h6-7,10H,5,8-9,11H2,1-4H3. The van der Waals surface area contributed by atoms with Crippen LogP contribution in [0.15, 0.2) is 22.7 Å². The molecule has 0 unspecified atom stereocenters. The maximum absolute atomic E-state index is 11.5. The van der Waals surface area contributed by atoms with Crippen LogP contribution in [-0.4, -0.2) is 43.9 Å². The van der Waals surface area contributed by atoms with Crippen molar-refractivity contribution in [2.75, 3.05) is 32.6 Å². The van der Waals surface area contributed by atoms with E-state index in [1.807, 2.05) is 18.2 Å². The monoisotopic (exact) mass is 338 g/mol. The van der Waals surface area contributed by atoms with Gasteiger partial charge in [0.1, 0.15) is 0 Å². The first-order valence-electron chi connectivity index (χ1n) is 7.05. The van der Waals surface area contributed by atoms with Gasteiger partial charge in [-0.3, -0.25) is 4.79 Å². The first kappa shape index (κ1) is 15.5. The fourth-order valence-electron chi connectivity index (χ4n) is 2.89. The minimum absolute atomic E-state index is 0.0924. The minimum atomic E-state index is 0.0924. The molecule has 0 aromatic heterocycles. The number of halogens is 1. The molecule has 1 saturated carbocycles. The lowest BCUT2D eigenvalue weighted by Crippen LogP contribution is -2.56. The number of anilines is 1. The van der Waals surface area contributed by atoms with Crippen molar-refractivity contribution in [3.05, 3.63) is 28.2 Å². The van der Waals surface area contributed by atoms with E-state index in [0.717, 1.165) is 22.3 Å². The molecule has 0 heterocycles. The third kappa shape index (κ3) is 2.91. The maximum atomic E-state index is 11.5. The van der Waals surface area contributed by atoms with Crippen molar-refractivity contribution in [2.45, 2.75) is 31.7 Å². The van der Waals surface area contributed by atoms with Gasteiger partial charge in [0.05, 0.1) is 0 Å². The van der Waals surface area contributed by atoms with Crippen molar-refractivity contribution in [2.24, 2.45) is 0 Å². The lowest BCUT2D eigenvalue weighted by Gasteiger charge is -2.49. The summed E-state index contributed by atoms with van der Waals surface area (Å²) in [6.45, 7) is 2.62. The van der Waals surface area contributed by atoms with Gasteiger partial charge in [-0.2, -0.15) is 0 Å². The number of likely N-dealkylation sites (N-methyl/N-ethyl adjacent to an activating group) is 2. The van der Waals surface area contributed by atoms with E-state index < -0.39 is 0 Å². The van der Waals surface area contributed by atoms with E-state index in [1.54, 1.807) is 6.92 Å². The first-order valence-corrected chi connectivity index (χ1v) is 7.84. The van der Waals surface area contributed by atoms with Crippen LogP contribution in [0.3, 0.4) is 0 Å². The van der Waals surface area contributed by atoms with E-state index in [2.05, 4.69) is 46.9 Å². The molecule has 1 aromatic carbocycles. The second kappa shape index (κ2) is 5.86. The molecule has 0 atom stereocenters. The maximum Gasteiger partial charge on any atom is 0.160 e. The van der Waals surface area contributed by atoms with Gasteiger partial charge in [0, 0.05) is 34.9 Å². The summed E-state index contributed by atoms with van der Waals surface area (Å²) in [6.07, 6.45) is 3.84. The highest BCUT2D eigenvalue weighted by Gasteiger charge is 2.39. The molecule has 0 amide bonds. The SMILES string of the molecule is CC(=O)c1ccc(N(C)CC2(N(C)C)CCC2)cc1Br. The molecule has 0 N–H and O–H groups in total. The van der Waals surface area contributed by atoms with E-state index >= 15 is 0 Å². The third-order valence-corrected chi connectivity index (χ3v) is 5.19. The molecular formula is C16H23BrN2O. The number of benzene rings is 1. The van der Waals surface area contributed by atoms with Gasteiger partial charge in [-0.05, 0) is 74.4 Å². The highest BCUT2D eigenvalue weighted by atomic mass is 79.9. The van der Waals surface area contributed by atoms with Crippen molar-refractivity contribution >= 4 is 27.4 Å². The van der Waals surface area contributed by atoms with E-state index in [9.17, 15) is 4.79 Å². The summed E-state index contributed by atoms with van der Waals surface area (Å²) >= 11 is 3.50. The van der Waals surface area contributed by atoms with Gasteiger partial charge in [0.15, 0.2) is 5.78 Å². The molecule has 1 fully saturated rings. The zero-order valence-electron chi connectivity index (χ0n) is 12.7. The fraction of sp³-hybridized carbons (Fsp3) is 0.562. The Hall–Kier alpha value is -0.870. The van der Waals surface area contributed by atoms with Gasteiger partial charge in [-0.15, -0.1) is 0 Å². The average molecular weight is 339 g/mol. The smallest absolute Gasteiger partial charge is 0.160 e. The Morgan fingerprint density at radius 1 is 1.30 bits per heavy atom. The number of hydrogen-bond donors (Lipinski definition) is 0. The quantitative estimate of drug-likeness (QED) is 0.766. The summed E-state index contributed by atoms with van der Waals surface area (Å²) in [5.74, 6) is 0.0924. The van der Waals surface area contributed by atoms with Crippen LogP contribution in [0.1, 0.15) is 36.5 Å². The average Bonchev–Trinajstić information content (AvgIpc) is 2.32. The van der Waals surface area contributed by atoms with Gasteiger partial charge in [0.25, 0.3) is 0 Å². The highest BCUT2D eigenvalue weighted by Crippen LogP contribution is 2.37. The largest absolute Gasteiger partial charge is 0.373 e. The van der Waals surface area contributed by atoms with Crippen molar-refractivity contribution < 1.29 is 4.79 Å². The van der Waals surface area contributed by atoms with Crippen LogP contribution >= 0.6 is 15.9 Å². The van der Waals surface area contributed by atoms with Gasteiger partial charge < -0.3 is 9.80 Å². The lowest BCUT2D eigenvalue weighted by atomic mass is 9.75. The van der Waals surface area contributed by atoms with Crippen LogP contribution in [0.25, 0.3) is 0 Å². The van der Waals surface area contributed by atoms with Gasteiger partial charge in [-0.25, -0.2) is 0 Å². The molecule has 1 aromatic rings. The predicted octanol–water partition coefficient (Wildman–Crippen LogP) is 3.57. The van der Waals surface area contributed by atoms with Gasteiger partial charge >= 0.3 is 0 Å². The van der Waals surface area contributed by atoms with Crippen molar-refractivity contribution in [3.63, 3.8) is 0 Å². The van der Waals surface area contributed by atoms with E-state index in [1.165, 1.54) is 19.3 Å². The Morgan fingerprint density at radius 3 is 2.35 bits per heavy atom. The molecule has 3 nitrogen and oxygen atoms in total. The van der Waals surface area contributed by atoms with Crippen molar-refractivity contribution in [3.8, 4) is 0 Å². The number of carbonyl (C=O) groups excluding carboxylic acids is 1. The van der Waals surface area contributed by atoms with E-state index in [4.69, 9.17) is 0 Å². The van der Waals surface area contributed by atoms with E-state index in [-0.39, 0.29) is 5.78 Å². The summed E-state index contributed by atoms with van der Waals surface area (Å²) in [5.41, 5.74) is 2.20. The Morgan fingerprint density at radius 2 is 1.95 bits per heavy atom. The highest BCUT2D eigenvalue weighted by molar-refractivity contribution is 9.10.